The lowest BCUT2D eigenvalue weighted by Crippen LogP contribution is -2.15. The van der Waals surface area contributed by atoms with Crippen molar-refractivity contribution in [2.45, 2.75) is 25.3 Å². The van der Waals surface area contributed by atoms with E-state index in [1.54, 1.807) is 0 Å². The van der Waals surface area contributed by atoms with Crippen LogP contribution in [-0.2, 0) is 6.54 Å². The minimum absolute atomic E-state index is 0.523. The Kier molecular flexibility index (Phi) is 3.34. The molecule has 98 valence electrons. The standard InChI is InChI=1S/C15H16N2OS/c1-17(9-11-5-3-2-4-6-11)15-16-14(12-7-8-12)13(10-18)19-15/h2-6,10,12H,7-9H2,1H3. The smallest absolute Gasteiger partial charge is 0.186 e. The number of hydrogen-bond acceptors (Lipinski definition) is 4. The first-order valence-electron chi connectivity index (χ1n) is 6.49. The Bertz CT molecular complexity index is 575. The van der Waals surface area contributed by atoms with Crippen molar-refractivity contribution >= 4 is 22.8 Å². The summed E-state index contributed by atoms with van der Waals surface area (Å²) in [5.74, 6) is 0.523. The Morgan fingerprint density at radius 2 is 2.11 bits per heavy atom. The monoisotopic (exact) mass is 272 g/mol. The summed E-state index contributed by atoms with van der Waals surface area (Å²) in [5, 5.41) is 0.938. The van der Waals surface area contributed by atoms with Gasteiger partial charge in [-0.2, -0.15) is 0 Å². The number of rotatable bonds is 5. The number of thiazole rings is 1. The quantitative estimate of drug-likeness (QED) is 0.781. The van der Waals surface area contributed by atoms with Crippen molar-refractivity contribution in [1.29, 1.82) is 0 Å². The number of benzene rings is 1. The van der Waals surface area contributed by atoms with Crippen molar-refractivity contribution in [3.8, 4) is 0 Å². The zero-order chi connectivity index (χ0) is 13.2. The number of anilines is 1. The van der Waals surface area contributed by atoms with Crippen LogP contribution >= 0.6 is 11.3 Å². The molecule has 3 nitrogen and oxygen atoms in total. The highest BCUT2D eigenvalue weighted by Crippen LogP contribution is 2.43. The summed E-state index contributed by atoms with van der Waals surface area (Å²) in [5.41, 5.74) is 2.26. The number of aldehydes is 1. The molecule has 0 radical (unpaired) electrons. The number of hydrogen-bond donors (Lipinski definition) is 0. The number of carbonyl (C=O) groups excluding carboxylic acids is 1. The second-order valence-corrected chi connectivity index (χ2v) is 5.99. The zero-order valence-corrected chi connectivity index (χ0v) is 11.7. The second kappa shape index (κ2) is 5.13. The summed E-state index contributed by atoms with van der Waals surface area (Å²) in [4.78, 5) is 18.7. The number of nitrogens with zero attached hydrogens (tertiary/aromatic N) is 2. The largest absolute Gasteiger partial charge is 0.347 e. The predicted molar refractivity (Wildman–Crippen MR) is 78.0 cm³/mol. The first-order chi connectivity index (χ1) is 9.28. The average molecular weight is 272 g/mol. The van der Waals surface area contributed by atoms with Crippen LogP contribution in [0.5, 0.6) is 0 Å². The Balaban J connectivity index is 1.79. The Morgan fingerprint density at radius 3 is 2.74 bits per heavy atom. The van der Waals surface area contributed by atoms with Crippen LogP contribution in [-0.4, -0.2) is 18.3 Å². The van der Waals surface area contributed by atoms with Gasteiger partial charge in [-0.05, 0) is 18.4 Å². The molecule has 1 heterocycles. The normalized spacial score (nSPS) is 14.4. The maximum absolute atomic E-state index is 11.1. The lowest BCUT2D eigenvalue weighted by Gasteiger charge is -2.15. The van der Waals surface area contributed by atoms with Gasteiger partial charge in [-0.25, -0.2) is 4.98 Å². The van der Waals surface area contributed by atoms with E-state index >= 15 is 0 Å². The zero-order valence-electron chi connectivity index (χ0n) is 10.9. The van der Waals surface area contributed by atoms with Gasteiger partial charge in [0.15, 0.2) is 11.4 Å². The van der Waals surface area contributed by atoms with Crippen LogP contribution in [0.4, 0.5) is 5.13 Å². The molecule has 0 amide bonds. The molecule has 19 heavy (non-hydrogen) atoms. The third-order valence-corrected chi connectivity index (χ3v) is 4.44. The molecule has 0 unspecified atom stereocenters. The van der Waals surface area contributed by atoms with Crippen molar-refractivity contribution in [3.63, 3.8) is 0 Å². The van der Waals surface area contributed by atoms with Crippen LogP contribution in [0.1, 0.15) is 39.7 Å². The van der Waals surface area contributed by atoms with Gasteiger partial charge in [-0.1, -0.05) is 41.7 Å². The molecule has 0 atom stereocenters. The molecule has 0 spiro atoms. The summed E-state index contributed by atoms with van der Waals surface area (Å²) in [6, 6.07) is 10.3. The molecule has 1 aliphatic rings. The fourth-order valence-electron chi connectivity index (χ4n) is 2.15. The Morgan fingerprint density at radius 1 is 1.37 bits per heavy atom. The summed E-state index contributed by atoms with van der Waals surface area (Å²) in [7, 11) is 2.02. The molecule has 0 bridgehead atoms. The molecule has 1 aromatic heterocycles. The molecule has 0 aliphatic heterocycles. The minimum Gasteiger partial charge on any atom is -0.347 e. The highest BCUT2D eigenvalue weighted by Gasteiger charge is 2.30. The van der Waals surface area contributed by atoms with Crippen molar-refractivity contribution in [3.05, 3.63) is 46.5 Å². The van der Waals surface area contributed by atoms with E-state index in [-0.39, 0.29) is 0 Å². The molecule has 3 rings (SSSR count). The van der Waals surface area contributed by atoms with E-state index in [1.165, 1.54) is 29.7 Å². The molecule has 1 saturated carbocycles. The lowest BCUT2D eigenvalue weighted by atomic mass is 10.2. The summed E-state index contributed by atoms with van der Waals surface area (Å²) >= 11 is 1.50. The Labute approximate surface area is 116 Å². The van der Waals surface area contributed by atoms with E-state index in [0.717, 1.165) is 28.5 Å². The van der Waals surface area contributed by atoms with Crippen molar-refractivity contribution in [1.82, 2.24) is 4.98 Å². The predicted octanol–water partition coefficient (Wildman–Crippen LogP) is 3.47. The number of carbonyl (C=O) groups is 1. The highest BCUT2D eigenvalue weighted by molar-refractivity contribution is 7.17. The van der Waals surface area contributed by atoms with Gasteiger partial charge in [0.05, 0.1) is 10.6 Å². The van der Waals surface area contributed by atoms with Gasteiger partial charge in [0, 0.05) is 19.5 Å². The Hall–Kier alpha value is -1.68. The van der Waals surface area contributed by atoms with Crippen LogP contribution in [0.15, 0.2) is 30.3 Å². The third kappa shape index (κ3) is 2.68. The molecular weight excluding hydrogens is 256 g/mol. The van der Waals surface area contributed by atoms with Crippen LogP contribution in [0.3, 0.4) is 0 Å². The van der Waals surface area contributed by atoms with Crippen molar-refractivity contribution in [2.75, 3.05) is 11.9 Å². The van der Waals surface area contributed by atoms with E-state index in [4.69, 9.17) is 0 Å². The summed E-state index contributed by atoms with van der Waals surface area (Å²) in [6.07, 6.45) is 3.30. The molecule has 2 aromatic rings. The van der Waals surface area contributed by atoms with Gasteiger partial charge in [0.1, 0.15) is 0 Å². The van der Waals surface area contributed by atoms with Crippen LogP contribution in [0.25, 0.3) is 0 Å². The summed E-state index contributed by atoms with van der Waals surface area (Å²) in [6.45, 7) is 0.816. The van der Waals surface area contributed by atoms with Gasteiger partial charge < -0.3 is 4.90 Å². The van der Waals surface area contributed by atoms with Crippen LogP contribution in [0, 0.1) is 0 Å². The molecule has 1 fully saturated rings. The second-order valence-electron chi connectivity index (χ2n) is 4.98. The van der Waals surface area contributed by atoms with Gasteiger partial charge in [-0.3, -0.25) is 4.79 Å². The molecular formula is C15H16N2OS. The van der Waals surface area contributed by atoms with Crippen LogP contribution in [0.2, 0.25) is 0 Å². The highest BCUT2D eigenvalue weighted by atomic mass is 32.1. The van der Waals surface area contributed by atoms with Gasteiger partial charge in [-0.15, -0.1) is 0 Å². The fourth-order valence-corrected chi connectivity index (χ4v) is 3.08. The van der Waals surface area contributed by atoms with E-state index in [0.29, 0.717) is 5.92 Å². The molecule has 0 saturated heterocycles. The van der Waals surface area contributed by atoms with Gasteiger partial charge in [0.2, 0.25) is 0 Å². The maximum Gasteiger partial charge on any atom is 0.186 e. The van der Waals surface area contributed by atoms with Crippen molar-refractivity contribution < 1.29 is 4.79 Å². The first kappa shape index (κ1) is 12.4. The summed E-state index contributed by atoms with van der Waals surface area (Å²) < 4.78 is 0. The van der Waals surface area contributed by atoms with E-state index in [1.807, 2.05) is 25.2 Å². The van der Waals surface area contributed by atoms with E-state index < -0.39 is 0 Å². The lowest BCUT2D eigenvalue weighted by molar-refractivity contribution is 0.112. The first-order valence-corrected chi connectivity index (χ1v) is 7.30. The van der Waals surface area contributed by atoms with Gasteiger partial charge >= 0.3 is 0 Å². The SMILES string of the molecule is CN(Cc1ccccc1)c1nc(C2CC2)c(C=O)s1. The third-order valence-electron chi connectivity index (χ3n) is 3.33. The fraction of sp³-hybridized carbons (Fsp3) is 0.333. The maximum atomic E-state index is 11.1. The molecule has 1 aliphatic carbocycles. The van der Waals surface area contributed by atoms with Gasteiger partial charge in [0.25, 0.3) is 0 Å². The van der Waals surface area contributed by atoms with E-state index in [9.17, 15) is 4.79 Å². The molecule has 4 heteroatoms. The van der Waals surface area contributed by atoms with Crippen molar-refractivity contribution in [2.24, 2.45) is 0 Å². The van der Waals surface area contributed by atoms with E-state index in [2.05, 4.69) is 22.0 Å². The molecule has 0 N–H and O–H groups in total. The average Bonchev–Trinajstić information content (AvgIpc) is 3.19. The minimum atomic E-state index is 0.523. The molecule has 1 aromatic carbocycles. The topological polar surface area (TPSA) is 33.2 Å². The van der Waals surface area contributed by atoms with Crippen LogP contribution < -0.4 is 4.90 Å². The number of aromatic nitrogens is 1.